The molecule has 0 aliphatic heterocycles. The highest BCUT2D eigenvalue weighted by Crippen LogP contribution is 1.89. The summed E-state index contributed by atoms with van der Waals surface area (Å²) in [5.41, 5.74) is 0. The Balaban J connectivity index is 2.82. The fourth-order valence-corrected chi connectivity index (χ4v) is 0.499. The first-order valence-corrected chi connectivity index (χ1v) is 3.08. The van der Waals surface area contributed by atoms with Gasteiger partial charge in [-0.25, -0.2) is 0 Å². The molecule has 0 bridgehead atoms. The molecule has 0 aliphatic rings. The van der Waals surface area contributed by atoms with E-state index < -0.39 is 0 Å². The second-order valence-electron chi connectivity index (χ2n) is 1.68. The summed E-state index contributed by atoms with van der Waals surface area (Å²) in [4.78, 5) is 9.60. The molecule has 0 amide bonds. The normalized spacial score (nSPS) is 9.89. The Bertz CT molecular complexity index is 86.9. The van der Waals surface area contributed by atoms with Gasteiger partial charge in [-0.1, -0.05) is 12.2 Å². The Labute approximate surface area is 55.5 Å². The summed E-state index contributed by atoms with van der Waals surface area (Å²) in [5.74, 6) is 0. The fourth-order valence-electron chi connectivity index (χ4n) is 0.499. The Morgan fingerprint density at radius 1 is 1.56 bits per heavy atom. The van der Waals surface area contributed by atoms with E-state index in [-0.39, 0.29) is 0 Å². The van der Waals surface area contributed by atoms with Crippen LogP contribution >= 0.6 is 0 Å². The standard InChI is InChI=1S/C7H12O2/c1-2-3-4-5-6-9-7-8/h2-3,7H,4-6H2,1H3. The van der Waals surface area contributed by atoms with Crippen molar-refractivity contribution in [3.63, 3.8) is 0 Å². The van der Waals surface area contributed by atoms with Gasteiger partial charge < -0.3 is 4.74 Å². The van der Waals surface area contributed by atoms with Crippen LogP contribution in [0.4, 0.5) is 0 Å². The first-order chi connectivity index (χ1) is 4.41. The molecule has 9 heavy (non-hydrogen) atoms. The number of hydrogen-bond acceptors (Lipinski definition) is 2. The van der Waals surface area contributed by atoms with Crippen LogP contribution in [0.25, 0.3) is 0 Å². The summed E-state index contributed by atoms with van der Waals surface area (Å²) in [6, 6.07) is 0. The van der Waals surface area contributed by atoms with Crippen LogP contribution in [0.1, 0.15) is 19.8 Å². The van der Waals surface area contributed by atoms with Crippen LogP contribution in [0.2, 0.25) is 0 Å². The maximum absolute atomic E-state index is 9.60. The molecule has 0 aromatic rings. The maximum Gasteiger partial charge on any atom is 0.293 e. The van der Waals surface area contributed by atoms with Gasteiger partial charge in [-0.2, -0.15) is 0 Å². The van der Waals surface area contributed by atoms with Crippen molar-refractivity contribution in [1.82, 2.24) is 0 Å². The molecule has 0 unspecified atom stereocenters. The molecule has 0 aliphatic carbocycles. The summed E-state index contributed by atoms with van der Waals surface area (Å²) >= 11 is 0. The molecule has 0 spiro atoms. The Hall–Kier alpha value is -0.790. The first-order valence-electron chi connectivity index (χ1n) is 3.08. The lowest BCUT2D eigenvalue weighted by Crippen LogP contribution is -1.89. The minimum absolute atomic E-state index is 0.482. The highest BCUT2D eigenvalue weighted by atomic mass is 16.5. The van der Waals surface area contributed by atoms with Crippen molar-refractivity contribution in [2.24, 2.45) is 0 Å². The lowest BCUT2D eigenvalue weighted by atomic mass is 10.3. The van der Waals surface area contributed by atoms with E-state index in [9.17, 15) is 4.79 Å². The molecular formula is C7H12O2. The van der Waals surface area contributed by atoms with E-state index in [1.54, 1.807) is 0 Å². The largest absolute Gasteiger partial charge is 0.468 e. The molecule has 0 rings (SSSR count). The predicted molar refractivity (Wildman–Crippen MR) is 36.1 cm³/mol. The van der Waals surface area contributed by atoms with E-state index in [0.717, 1.165) is 12.8 Å². The molecule has 0 fully saturated rings. The van der Waals surface area contributed by atoms with Gasteiger partial charge in [0.2, 0.25) is 0 Å². The summed E-state index contributed by atoms with van der Waals surface area (Å²) in [6.07, 6.45) is 5.95. The van der Waals surface area contributed by atoms with E-state index in [0.29, 0.717) is 13.1 Å². The second kappa shape index (κ2) is 7.21. The molecule has 0 radical (unpaired) electrons. The van der Waals surface area contributed by atoms with Gasteiger partial charge in [0.15, 0.2) is 0 Å². The van der Waals surface area contributed by atoms with E-state index in [4.69, 9.17) is 0 Å². The topological polar surface area (TPSA) is 26.3 Å². The van der Waals surface area contributed by atoms with Gasteiger partial charge in [-0.15, -0.1) is 0 Å². The van der Waals surface area contributed by atoms with E-state index >= 15 is 0 Å². The third kappa shape index (κ3) is 7.21. The van der Waals surface area contributed by atoms with Gasteiger partial charge in [-0.05, 0) is 19.8 Å². The van der Waals surface area contributed by atoms with Crippen LogP contribution in [-0.2, 0) is 9.53 Å². The Morgan fingerprint density at radius 3 is 2.89 bits per heavy atom. The monoisotopic (exact) mass is 128 g/mol. The molecule has 0 aromatic carbocycles. The van der Waals surface area contributed by atoms with Crippen molar-refractivity contribution in [2.45, 2.75) is 19.8 Å². The van der Waals surface area contributed by atoms with Gasteiger partial charge >= 0.3 is 0 Å². The maximum atomic E-state index is 9.60. The number of carbonyl (C=O) groups excluding carboxylic acids is 1. The number of hydrogen-bond donors (Lipinski definition) is 0. The van der Waals surface area contributed by atoms with Crippen LogP contribution in [0.5, 0.6) is 0 Å². The molecule has 52 valence electrons. The van der Waals surface area contributed by atoms with Gasteiger partial charge in [0, 0.05) is 0 Å². The van der Waals surface area contributed by atoms with Gasteiger partial charge in [0.1, 0.15) is 0 Å². The number of rotatable bonds is 5. The Kier molecular flexibility index (Phi) is 6.58. The van der Waals surface area contributed by atoms with Gasteiger partial charge in [-0.3, -0.25) is 4.79 Å². The lowest BCUT2D eigenvalue weighted by Gasteiger charge is -1.92. The first kappa shape index (κ1) is 8.21. The highest BCUT2D eigenvalue weighted by molar-refractivity contribution is 5.36. The number of allylic oxidation sites excluding steroid dienone is 2. The number of unbranched alkanes of at least 4 members (excludes halogenated alkanes) is 1. The van der Waals surface area contributed by atoms with E-state index in [1.807, 2.05) is 19.1 Å². The quantitative estimate of drug-likeness (QED) is 0.319. The van der Waals surface area contributed by atoms with Crippen LogP contribution in [0.15, 0.2) is 12.2 Å². The minimum Gasteiger partial charge on any atom is -0.468 e. The lowest BCUT2D eigenvalue weighted by molar-refractivity contribution is -0.128. The summed E-state index contributed by atoms with van der Waals surface area (Å²) < 4.78 is 4.47. The van der Waals surface area contributed by atoms with Crippen molar-refractivity contribution in [2.75, 3.05) is 6.61 Å². The van der Waals surface area contributed by atoms with E-state index in [2.05, 4.69) is 4.74 Å². The van der Waals surface area contributed by atoms with Crippen LogP contribution < -0.4 is 0 Å². The molecule has 0 aromatic heterocycles. The molecule has 0 N–H and O–H groups in total. The zero-order chi connectivity index (χ0) is 6.95. The highest BCUT2D eigenvalue weighted by Gasteiger charge is 1.81. The van der Waals surface area contributed by atoms with Crippen molar-refractivity contribution in [3.8, 4) is 0 Å². The smallest absolute Gasteiger partial charge is 0.293 e. The van der Waals surface area contributed by atoms with Crippen molar-refractivity contribution in [3.05, 3.63) is 12.2 Å². The van der Waals surface area contributed by atoms with Crippen molar-refractivity contribution < 1.29 is 9.53 Å². The summed E-state index contributed by atoms with van der Waals surface area (Å²) in [6.45, 7) is 2.99. The molecular weight excluding hydrogens is 116 g/mol. The molecule has 0 saturated heterocycles. The number of ether oxygens (including phenoxy) is 1. The SMILES string of the molecule is CC=CCCCOC=O. The molecule has 2 nitrogen and oxygen atoms in total. The fraction of sp³-hybridized carbons (Fsp3) is 0.571. The molecule has 0 atom stereocenters. The third-order valence-corrected chi connectivity index (χ3v) is 0.937. The zero-order valence-electron chi connectivity index (χ0n) is 5.67. The van der Waals surface area contributed by atoms with E-state index in [1.165, 1.54) is 0 Å². The average molecular weight is 128 g/mol. The third-order valence-electron chi connectivity index (χ3n) is 0.937. The molecule has 2 heteroatoms. The predicted octanol–water partition coefficient (Wildman–Crippen LogP) is 1.52. The van der Waals surface area contributed by atoms with Gasteiger partial charge in [0.05, 0.1) is 6.61 Å². The summed E-state index contributed by atoms with van der Waals surface area (Å²) in [5, 5.41) is 0. The second-order valence-corrected chi connectivity index (χ2v) is 1.68. The Morgan fingerprint density at radius 2 is 2.33 bits per heavy atom. The summed E-state index contributed by atoms with van der Waals surface area (Å²) in [7, 11) is 0. The van der Waals surface area contributed by atoms with Crippen LogP contribution in [-0.4, -0.2) is 13.1 Å². The van der Waals surface area contributed by atoms with Crippen LogP contribution in [0, 0.1) is 0 Å². The van der Waals surface area contributed by atoms with Crippen LogP contribution in [0.3, 0.4) is 0 Å². The number of carbonyl (C=O) groups is 1. The van der Waals surface area contributed by atoms with Crippen molar-refractivity contribution >= 4 is 6.47 Å². The zero-order valence-corrected chi connectivity index (χ0v) is 5.67. The average Bonchev–Trinajstić information content (AvgIpc) is 1.89. The van der Waals surface area contributed by atoms with Gasteiger partial charge in [0.25, 0.3) is 6.47 Å². The van der Waals surface area contributed by atoms with Crippen molar-refractivity contribution in [1.29, 1.82) is 0 Å². The molecule has 0 saturated carbocycles. The molecule has 0 heterocycles. The minimum atomic E-state index is 0.482.